The van der Waals surface area contributed by atoms with E-state index in [1.165, 1.54) is 0 Å². The van der Waals surface area contributed by atoms with Gasteiger partial charge in [0.2, 0.25) is 0 Å². The number of pyridine rings is 1. The number of piperazine rings is 1. The normalized spacial score (nSPS) is 16.2. The van der Waals surface area contributed by atoms with E-state index in [-0.39, 0.29) is 0 Å². The minimum atomic E-state index is 0.328. The standard InChI is InChI=1S/C22H34N6O3/c1-18-17-24-12-13-28(18)20-22(27-11-10-25-20)31-16-15-29-19-7-6-9-26-21(19)30-14-5-3-2-4-8-23/h6-7,9-11,18,24H,2-5,8,12-17,23H2,1H3. The molecule has 1 aliphatic heterocycles. The number of nitrogens with zero attached hydrogens (tertiary/aromatic N) is 4. The highest BCUT2D eigenvalue weighted by Gasteiger charge is 2.23. The molecule has 1 aliphatic rings. The van der Waals surface area contributed by atoms with Gasteiger partial charge in [-0.05, 0) is 38.4 Å². The Morgan fingerprint density at radius 1 is 0.968 bits per heavy atom. The number of hydrogen-bond donors (Lipinski definition) is 2. The lowest BCUT2D eigenvalue weighted by molar-refractivity contribution is 0.199. The number of unbranched alkanes of at least 4 members (excludes halogenated alkanes) is 3. The monoisotopic (exact) mass is 430 g/mol. The molecule has 2 aromatic heterocycles. The van der Waals surface area contributed by atoms with Gasteiger partial charge in [-0.25, -0.2) is 15.0 Å². The number of nitrogens with one attached hydrogen (secondary N) is 1. The highest BCUT2D eigenvalue weighted by atomic mass is 16.5. The third-order valence-corrected chi connectivity index (χ3v) is 5.07. The average Bonchev–Trinajstić information content (AvgIpc) is 2.80. The summed E-state index contributed by atoms with van der Waals surface area (Å²) in [4.78, 5) is 15.4. The first-order valence-electron chi connectivity index (χ1n) is 11.1. The van der Waals surface area contributed by atoms with Crippen molar-refractivity contribution in [3.05, 3.63) is 30.7 Å². The molecule has 0 aliphatic carbocycles. The summed E-state index contributed by atoms with van der Waals surface area (Å²) in [6.07, 6.45) is 9.29. The van der Waals surface area contributed by atoms with E-state index in [1.54, 1.807) is 18.6 Å². The van der Waals surface area contributed by atoms with Crippen LogP contribution < -0.4 is 30.2 Å². The van der Waals surface area contributed by atoms with E-state index in [0.29, 0.717) is 43.4 Å². The van der Waals surface area contributed by atoms with Crippen LogP contribution in [0.3, 0.4) is 0 Å². The number of hydrogen-bond acceptors (Lipinski definition) is 9. The van der Waals surface area contributed by atoms with Crippen molar-refractivity contribution in [3.63, 3.8) is 0 Å². The van der Waals surface area contributed by atoms with E-state index in [4.69, 9.17) is 19.9 Å². The minimum absolute atomic E-state index is 0.328. The Kier molecular flexibility index (Phi) is 9.59. The van der Waals surface area contributed by atoms with E-state index in [1.807, 2.05) is 12.1 Å². The summed E-state index contributed by atoms with van der Waals surface area (Å²) >= 11 is 0. The third kappa shape index (κ3) is 7.22. The van der Waals surface area contributed by atoms with Crippen molar-refractivity contribution in [1.82, 2.24) is 20.3 Å². The largest absolute Gasteiger partial charge is 0.484 e. The Balaban J connectivity index is 1.46. The van der Waals surface area contributed by atoms with Gasteiger partial charge in [-0.3, -0.25) is 0 Å². The number of nitrogens with two attached hydrogens (primary N) is 1. The maximum atomic E-state index is 5.90. The molecular weight excluding hydrogens is 396 g/mol. The molecule has 1 saturated heterocycles. The first kappa shape index (κ1) is 23.0. The van der Waals surface area contributed by atoms with Crippen molar-refractivity contribution in [2.24, 2.45) is 5.73 Å². The second-order valence-corrected chi connectivity index (χ2v) is 7.49. The summed E-state index contributed by atoms with van der Waals surface area (Å²) in [6.45, 7) is 6.92. The molecule has 9 nitrogen and oxygen atoms in total. The highest BCUT2D eigenvalue weighted by molar-refractivity contribution is 5.49. The van der Waals surface area contributed by atoms with Crippen LogP contribution in [0.25, 0.3) is 0 Å². The molecule has 0 bridgehead atoms. The molecule has 0 amide bonds. The van der Waals surface area contributed by atoms with E-state index >= 15 is 0 Å². The number of aromatic nitrogens is 3. The van der Waals surface area contributed by atoms with Gasteiger partial charge in [0.15, 0.2) is 11.6 Å². The molecule has 3 rings (SSSR count). The summed E-state index contributed by atoms with van der Waals surface area (Å²) in [5.41, 5.74) is 5.52. The zero-order valence-corrected chi connectivity index (χ0v) is 18.3. The van der Waals surface area contributed by atoms with E-state index in [2.05, 4.69) is 32.1 Å². The second-order valence-electron chi connectivity index (χ2n) is 7.49. The van der Waals surface area contributed by atoms with Crippen molar-refractivity contribution in [1.29, 1.82) is 0 Å². The molecule has 0 radical (unpaired) electrons. The first-order chi connectivity index (χ1) is 15.3. The van der Waals surface area contributed by atoms with Crippen molar-refractivity contribution in [2.45, 2.75) is 38.6 Å². The molecule has 3 N–H and O–H groups in total. The highest BCUT2D eigenvalue weighted by Crippen LogP contribution is 2.26. The van der Waals surface area contributed by atoms with Gasteiger partial charge >= 0.3 is 0 Å². The van der Waals surface area contributed by atoms with Gasteiger partial charge in [0.1, 0.15) is 13.2 Å². The van der Waals surface area contributed by atoms with Crippen LogP contribution in [0, 0.1) is 0 Å². The summed E-state index contributed by atoms with van der Waals surface area (Å²) < 4.78 is 17.6. The topological polar surface area (TPSA) is 108 Å². The van der Waals surface area contributed by atoms with Gasteiger partial charge < -0.3 is 30.2 Å². The Hall–Kier alpha value is -2.65. The van der Waals surface area contributed by atoms with Crippen LogP contribution in [0.4, 0.5) is 5.82 Å². The Labute approximate surface area is 184 Å². The zero-order valence-electron chi connectivity index (χ0n) is 18.3. The second kappa shape index (κ2) is 12.9. The smallest absolute Gasteiger partial charge is 0.257 e. The van der Waals surface area contributed by atoms with Gasteiger partial charge in [-0.2, -0.15) is 0 Å². The number of ether oxygens (including phenoxy) is 3. The molecular formula is C22H34N6O3. The predicted molar refractivity (Wildman–Crippen MR) is 120 cm³/mol. The molecule has 2 aromatic rings. The maximum absolute atomic E-state index is 5.90. The van der Waals surface area contributed by atoms with E-state index in [9.17, 15) is 0 Å². The Morgan fingerprint density at radius 2 is 1.74 bits per heavy atom. The fraction of sp³-hybridized carbons (Fsp3) is 0.591. The molecule has 1 atom stereocenters. The van der Waals surface area contributed by atoms with Gasteiger partial charge in [0, 0.05) is 44.3 Å². The van der Waals surface area contributed by atoms with Crippen LogP contribution in [0.2, 0.25) is 0 Å². The first-order valence-corrected chi connectivity index (χ1v) is 11.1. The molecule has 1 unspecified atom stereocenters. The molecule has 1 fully saturated rings. The number of rotatable bonds is 13. The molecule has 0 spiro atoms. The van der Waals surface area contributed by atoms with Crippen LogP contribution in [0.15, 0.2) is 30.7 Å². The third-order valence-electron chi connectivity index (χ3n) is 5.07. The maximum Gasteiger partial charge on any atom is 0.257 e. The molecule has 31 heavy (non-hydrogen) atoms. The molecule has 0 aromatic carbocycles. The minimum Gasteiger partial charge on any atom is -0.484 e. The lowest BCUT2D eigenvalue weighted by Crippen LogP contribution is -2.50. The molecule has 0 saturated carbocycles. The zero-order chi connectivity index (χ0) is 21.7. The van der Waals surface area contributed by atoms with Crippen LogP contribution in [0.1, 0.15) is 32.6 Å². The predicted octanol–water partition coefficient (Wildman–Crippen LogP) is 2.03. The Morgan fingerprint density at radius 3 is 2.61 bits per heavy atom. The molecule has 170 valence electrons. The van der Waals surface area contributed by atoms with Gasteiger partial charge in [-0.15, -0.1) is 0 Å². The summed E-state index contributed by atoms with van der Waals surface area (Å²) in [5.74, 6) is 2.43. The Bertz CT molecular complexity index is 778. The van der Waals surface area contributed by atoms with E-state index < -0.39 is 0 Å². The lowest BCUT2D eigenvalue weighted by atomic mass is 10.2. The summed E-state index contributed by atoms with van der Waals surface area (Å²) in [5, 5.41) is 3.38. The van der Waals surface area contributed by atoms with Gasteiger partial charge in [0.05, 0.1) is 6.61 Å². The fourth-order valence-electron chi connectivity index (χ4n) is 3.43. The lowest BCUT2D eigenvalue weighted by Gasteiger charge is -2.35. The van der Waals surface area contributed by atoms with Crippen LogP contribution in [0.5, 0.6) is 17.5 Å². The summed E-state index contributed by atoms with van der Waals surface area (Å²) in [7, 11) is 0. The van der Waals surface area contributed by atoms with Crippen molar-refractivity contribution in [3.8, 4) is 17.5 Å². The average molecular weight is 431 g/mol. The quantitative estimate of drug-likeness (QED) is 0.461. The summed E-state index contributed by atoms with van der Waals surface area (Å²) in [6, 6.07) is 4.01. The van der Waals surface area contributed by atoms with Gasteiger partial charge in [-0.1, -0.05) is 12.8 Å². The van der Waals surface area contributed by atoms with E-state index in [0.717, 1.165) is 57.7 Å². The molecule has 9 heteroatoms. The van der Waals surface area contributed by atoms with Crippen LogP contribution in [-0.2, 0) is 0 Å². The fourth-order valence-corrected chi connectivity index (χ4v) is 3.43. The number of anilines is 1. The SMILES string of the molecule is CC1CNCCN1c1nccnc1OCCOc1cccnc1OCCCCCCN. The van der Waals surface area contributed by atoms with Gasteiger partial charge in [0.25, 0.3) is 11.8 Å². The van der Waals surface area contributed by atoms with Crippen LogP contribution in [-0.4, -0.2) is 67.0 Å². The van der Waals surface area contributed by atoms with Crippen molar-refractivity contribution >= 4 is 5.82 Å². The van der Waals surface area contributed by atoms with Crippen molar-refractivity contribution in [2.75, 3.05) is 50.9 Å². The van der Waals surface area contributed by atoms with Crippen LogP contribution >= 0.6 is 0 Å². The molecule has 3 heterocycles. The van der Waals surface area contributed by atoms with Crippen molar-refractivity contribution < 1.29 is 14.2 Å².